The molecule has 0 bridgehead atoms. The Bertz CT molecular complexity index is 478. The van der Waals surface area contributed by atoms with E-state index in [1.165, 1.54) is 25.9 Å². The van der Waals surface area contributed by atoms with Gasteiger partial charge in [0.1, 0.15) is 11.4 Å². The highest BCUT2D eigenvalue weighted by molar-refractivity contribution is 5.94. The molecule has 0 spiro atoms. The van der Waals surface area contributed by atoms with Crippen molar-refractivity contribution in [3.05, 3.63) is 11.3 Å². The highest BCUT2D eigenvalue weighted by atomic mass is 16.4. The number of aromatic nitrogens is 2. The third kappa shape index (κ3) is 3.30. The van der Waals surface area contributed by atoms with Gasteiger partial charge in [-0.25, -0.2) is 4.79 Å². The van der Waals surface area contributed by atoms with Gasteiger partial charge in [-0.1, -0.05) is 6.92 Å². The third-order valence-corrected chi connectivity index (χ3v) is 3.82. The van der Waals surface area contributed by atoms with Gasteiger partial charge in [-0.2, -0.15) is 5.10 Å². The SMILES string of the molecule is Cc1nn(C)c(NCC(C)CN2CCCC2)c1C(=O)O. The number of aromatic carboxylic acids is 1. The molecule has 6 heteroatoms. The van der Waals surface area contributed by atoms with Crippen molar-refractivity contribution in [3.63, 3.8) is 0 Å². The summed E-state index contributed by atoms with van der Waals surface area (Å²) in [6.07, 6.45) is 2.59. The number of carboxylic acids is 1. The Morgan fingerprint density at radius 3 is 2.70 bits per heavy atom. The maximum atomic E-state index is 11.3. The Kier molecular flexibility index (Phi) is 4.65. The number of rotatable bonds is 6. The van der Waals surface area contributed by atoms with Crippen molar-refractivity contribution in [3.8, 4) is 0 Å². The van der Waals surface area contributed by atoms with Crippen molar-refractivity contribution < 1.29 is 9.90 Å². The standard InChI is InChI=1S/C14H24N4O2/c1-10(9-18-6-4-5-7-18)8-15-13-12(14(19)20)11(2)16-17(13)3/h10,15H,4-9H2,1-3H3,(H,19,20). The van der Waals surface area contributed by atoms with Crippen LogP contribution in [0.3, 0.4) is 0 Å². The van der Waals surface area contributed by atoms with Crippen LogP contribution in [-0.4, -0.2) is 51.9 Å². The summed E-state index contributed by atoms with van der Waals surface area (Å²) in [5.74, 6) is 0.151. The quantitative estimate of drug-likeness (QED) is 0.827. The number of nitrogens with one attached hydrogen (secondary N) is 1. The van der Waals surface area contributed by atoms with Gasteiger partial charge in [0.2, 0.25) is 0 Å². The zero-order valence-corrected chi connectivity index (χ0v) is 12.5. The second-order valence-electron chi connectivity index (χ2n) is 5.73. The third-order valence-electron chi connectivity index (χ3n) is 3.82. The van der Waals surface area contributed by atoms with E-state index in [9.17, 15) is 9.90 Å². The Labute approximate surface area is 119 Å². The number of aryl methyl sites for hydroxylation is 2. The largest absolute Gasteiger partial charge is 0.477 e. The molecule has 112 valence electrons. The number of carboxylic acid groups (broad SMARTS) is 1. The maximum absolute atomic E-state index is 11.3. The zero-order chi connectivity index (χ0) is 14.7. The zero-order valence-electron chi connectivity index (χ0n) is 12.5. The average molecular weight is 280 g/mol. The fraction of sp³-hybridized carbons (Fsp3) is 0.714. The lowest BCUT2D eigenvalue weighted by Crippen LogP contribution is -2.29. The fourth-order valence-electron chi connectivity index (χ4n) is 2.86. The van der Waals surface area contributed by atoms with Crippen molar-refractivity contribution >= 4 is 11.8 Å². The first-order valence-corrected chi connectivity index (χ1v) is 7.22. The van der Waals surface area contributed by atoms with E-state index in [1.807, 2.05) is 0 Å². The molecule has 2 rings (SSSR count). The molecule has 0 aromatic carbocycles. The lowest BCUT2D eigenvalue weighted by molar-refractivity contribution is 0.0697. The van der Waals surface area contributed by atoms with Gasteiger partial charge >= 0.3 is 5.97 Å². The van der Waals surface area contributed by atoms with E-state index < -0.39 is 5.97 Å². The van der Waals surface area contributed by atoms with E-state index in [0.29, 0.717) is 17.4 Å². The molecule has 0 aliphatic carbocycles. The van der Waals surface area contributed by atoms with Crippen molar-refractivity contribution in [1.82, 2.24) is 14.7 Å². The Morgan fingerprint density at radius 2 is 2.10 bits per heavy atom. The molecule has 1 aliphatic rings. The van der Waals surface area contributed by atoms with Crippen LogP contribution in [0, 0.1) is 12.8 Å². The van der Waals surface area contributed by atoms with Gasteiger partial charge < -0.3 is 15.3 Å². The molecule has 1 aromatic rings. The predicted molar refractivity (Wildman–Crippen MR) is 78.2 cm³/mol. The second kappa shape index (κ2) is 6.26. The van der Waals surface area contributed by atoms with Gasteiger partial charge in [0.05, 0.1) is 5.69 Å². The molecule has 1 saturated heterocycles. The monoisotopic (exact) mass is 280 g/mol. The van der Waals surface area contributed by atoms with E-state index in [0.717, 1.165) is 13.1 Å². The summed E-state index contributed by atoms with van der Waals surface area (Å²) >= 11 is 0. The van der Waals surface area contributed by atoms with E-state index in [-0.39, 0.29) is 5.56 Å². The summed E-state index contributed by atoms with van der Waals surface area (Å²) in [6, 6.07) is 0. The molecule has 1 fully saturated rings. The van der Waals surface area contributed by atoms with Gasteiger partial charge in [-0.15, -0.1) is 0 Å². The van der Waals surface area contributed by atoms with Crippen molar-refractivity contribution in [1.29, 1.82) is 0 Å². The minimum Gasteiger partial charge on any atom is -0.477 e. The van der Waals surface area contributed by atoms with Gasteiger partial charge in [-0.3, -0.25) is 4.68 Å². The predicted octanol–water partition coefficient (Wildman–Crippen LogP) is 1.57. The molecule has 6 nitrogen and oxygen atoms in total. The van der Waals surface area contributed by atoms with Gasteiger partial charge in [0, 0.05) is 20.1 Å². The number of hydrogen-bond donors (Lipinski definition) is 2. The highest BCUT2D eigenvalue weighted by Gasteiger charge is 2.20. The normalized spacial score (nSPS) is 17.4. The summed E-state index contributed by atoms with van der Waals surface area (Å²) in [5.41, 5.74) is 0.829. The molecule has 20 heavy (non-hydrogen) atoms. The van der Waals surface area contributed by atoms with Gasteiger partial charge in [-0.05, 0) is 38.8 Å². The topological polar surface area (TPSA) is 70.4 Å². The van der Waals surface area contributed by atoms with Crippen LogP contribution in [0.1, 0.15) is 35.8 Å². The molecular weight excluding hydrogens is 256 g/mol. The molecule has 1 aliphatic heterocycles. The lowest BCUT2D eigenvalue weighted by Gasteiger charge is -2.21. The number of carbonyl (C=O) groups is 1. The van der Waals surface area contributed by atoms with Gasteiger partial charge in [0.25, 0.3) is 0 Å². The van der Waals surface area contributed by atoms with Crippen LogP contribution < -0.4 is 5.32 Å². The van der Waals surface area contributed by atoms with Crippen molar-refractivity contribution in [2.24, 2.45) is 13.0 Å². The summed E-state index contributed by atoms with van der Waals surface area (Å²) in [4.78, 5) is 13.7. The van der Waals surface area contributed by atoms with Crippen LogP contribution in [0.15, 0.2) is 0 Å². The summed E-state index contributed by atoms with van der Waals surface area (Å²) in [7, 11) is 1.77. The van der Waals surface area contributed by atoms with Crippen LogP contribution in [0.2, 0.25) is 0 Å². The minimum absolute atomic E-state index is 0.279. The van der Waals surface area contributed by atoms with E-state index in [1.54, 1.807) is 18.7 Å². The molecule has 1 unspecified atom stereocenters. The lowest BCUT2D eigenvalue weighted by atomic mass is 10.1. The first kappa shape index (κ1) is 14.8. The molecule has 2 N–H and O–H groups in total. The molecular formula is C14H24N4O2. The second-order valence-corrected chi connectivity index (χ2v) is 5.73. The number of likely N-dealkylation sites (tertiary alicyclic amines) is 1. The van der Waals surface area contributed by atoms with Crippen LogP contribution in [0.5, 0.6) is 0 Å². The smallest absolute Gasteiger partial charge is 0.341 e. The molecule has 2 heterocycles. The summed E-state index contributed by atoms with van der Waals surface area (Å²) in [6.45, 7) is 8.12. The maximum Gasteiger partial charge on any atom is 0.341 e. The van der Waals surface area contributed by atoms with Crippen LogP contribution in [0.25, 0.3) is 0 Å². The van der Waals surface area contributed by atoms with E-state index in [4.69, 9.17) is 0 Å². The average Bonchev–Trinajstić information content (AvgIpc) is 2.94. The highest BCUT2D eigenvalue weighted by Crippen LogP contribution is 2.19. The molecule has 0 amide bonds. The molecule has 0 saturated carbocycles. The Hall–Kier alpha value is -1.56. The first-order valence-electron chi connectivity index (χ1n) is 7.22. The number of nitrogens with zero attached hydrogens (tertiary/aromatic N) is 3. The van der Waals surface area contributed by atoms with Crippen LogP contribution in [0.4, 0.5) is 5.82 Å². The summed E-state index contributed by atoms with van der Waals surface area (Å²) in [5, 5.41) is 16.7. The first-order chi connectivity index (χ1) is 9.49. The van der Waals surface area contributed by atoms with Crippen molar-refractivity contribution in [2.75, 3.05) is 31.5 Å². The Balaban J connectivity index is 1.94. The fourth-order valence-corrected chi connectivity index (χ4v) is 2.86. The minimum atomic E-state index is -0.926. The van der Waals surface area contributed by atoms with E-state index in [2.05, 4.69) is 22.2 Å². The van der Waals surface area contributed by atoms with Crippen molar-refractivity contribution in [2.45, 2.75) is 26.7 Å². The summed E-state index contributed by atoms with van der Waals surface area (Å²) < 4.78 is 1.61. The molecule has 1 atom stereocenters. The number of hydrogen-bond acceptors (Lipinski definition) is 4. The van der Waals surface area contributed by atoms with Crippen LogP contribution in [-0.2, 0) is 7.05 Å². The van der Waals surface area contributed by atoms with Crippen LogP contribution >= 0.6 is 0 Å². The Morgan fingerprint density at radius 1 is 1.45 bits per heavy atom. The van der Waals surface area contributed by atoms with E-state index >= 15 is 0 Å². The molecule has 0 radical (unpaired) electrons. The molecule has 1 aromatic heterocycles. The van der Waals surface area contributed by atoms with Gasteiger partial charge in [0.15, 0.2) is 0 Å². The number of anilines is 1.